The summed E-state index contributed by atoms with van der Waals surface area (Å²) in [4.78, 5) is 25.8. The Hall–Kier alpha value is -1.36. The lowest BCUT2D eigenvalue weighted by atomic mass is 9.33. The van der Waals surface area contributed by atoms with Crippen molar-refractivity contribution in [1.29, 1.82) is 0 Å². The largest absolute Gasteiger partial charge is 0.455 e. The Bertz CT molecular complexity index is 1020. The van der Waals surface area contributed by atoms with Gasteiger partial charge in [-0.1, -0.05) is 60.1 Å². The Labute approximate surface area is 230 Å². The van der Waals surface area contributed by atoms with Crippen LogP contribution in [0.25, 0.3) is 0 Å². The number of carbonyl (C=O) groups is 2. The third kappa shape index (κ3) is 3.58. The molecule has 0 aromatic heterocycles. The molecule has 38 heavy (non-hydrogen) atoms. The Balaban J connectivity index is 1.55. The molecule has 2 N–H and O–H groups in total. The molecule has 5 aliphatic rings. The van der Waals surface area contributed by atoms with Crippen LogP contribution in [0, 0.1) is 56.7 Å². The number of aliphatic hydroxyl groups excluding tert-OH is 1. The molecule has 0 spiro atoms. The van der Waals surface area contributed by atoms with E-state index < -0.39 is 5.41 Å². The van der Waals surface area contributed by atoms with Gasteiger partial charge in [-0.2, -0.15) is 0 Å². The molecule has 0 saturated heterocycles. The molecule has 5 heteroatoms. The first-order chi connectivity index (χ1) is 17.7. The standard InChI is InChI=1S/C33H53NO4/c1-20-11-16-33(28(37)38-19-26(36)34-8)18-17-31(6)22(27(33)21(20)2)9-10-24-30(5)14-13-25(35)29(3,4)23(30)12-15-32(24,31)7/h9,20-21,23-25,27,35H,10-19H2,1-8H3,(H,34,36)/t20-,21+,23?,24?,25+,27?,30+,31-,32-,33+/m1/s1. The summed E-state index contributed by atoms with van der Waals surface area (Å²) >= 11 is 0. The van der Waals surface area contributed by atoms with Gasteiger partial charge in [0.15, 0.2) is 6.61 Å². The number of esters is 1. The van der Waals surface area contributed by atoms with Crippen LogP contribution in [0.2, 0.25) is 0 Å². The first kappa shape index (κ1) is 28.2. The van der Waals surface area contributed by atoms with Crippen molar-refractivity contribution in [3.8, 4) is 0 Å². The van der Waals surface area contributed by atoms with Gasteiger partial charge in [0.2, 0.25) is 0 Å². The molecule has 0 heterocycles. The number of amides is 1. The van der Waals surface area contributed by atoms with Crippen molar-refractivity contribution < 1.29 is 19.4 Å². The minimum atomic E-state index is -0.521. The van der Waals surface area contributed by atoms with Gasteiger partial charge in [-0.05, 0) is 109 Å². The Morgan fingerprint density at radius 1 is 0.974 bits per heavy atom. The van der Waals surface area contributed by atoms with Crippen molar-refractivity contribution in [3.63, 3.8) is 0 Å². The molecule has 10 atom stereocenters. The van der Waals surface area contributed by atoms with Crippen molar-refractivity contribution in [2.24, 2.45) is 56.7 Å². The van der Waals surface area contributed by atoms with Crippen LogP contribution in [0.5, 0.6) is 0 Å². The first-order valence-electron chi connectivity index (χ1n) is 15.5. The molecule has 0 bridgehead atoms. The summed E-state index contributed by atoms with van der Waals surface area (Å²) < 4.78 is 5.74. The molecule has 5 nitrogen and oxygen atoms in total. The van der Waals surface area contributed by atoms with Gasteiger partial charge in [0, 0.05) is 7.05 Å². The van der Waals surface area contributed by atoms with Gasteiger partial charge in [0.05, 0.1) is 11.5 Å². The van der Waals surface area contributed by atoms with Crippen LogP contribution < -0.4 is 5.32 Å². The molecular formula is C33H53NO4. The second kappa shape index (κ2) is 9.08. The number of rotatable bonds is 3. The molecule has 214 valence electrons. The Morgan fingerprint density at radius 3 is 2.37 bits per heavy atom. The summed E-state index contributed by atoms with van der Waals surface area (Å²) in [6.07, 6.45) is 11.6. The van der Waals surface area contributed by atoms with E-state index in [1.807, 2.05) is 0 Å². The monoisotopic (exact) mass is 527 g/mol. The molecule has 0 aromatic rings. The smallest absolute Gasteiger partial charge is 0.313 e. The molecule has 1 amide bonds. The molecule has 0 aromatic carbocycles. The minimum Gasteiger partial charge on any atom is -0.455 e. The van der Waals surface area contributed by atoms with E-state index in [1.54, 1.807) is 7.05 Å². The van der Waals surface area contributed by atoms with E-state index in [1.165, 1.54) is 18.4 Å². The quantitative estimate of drug-likeness (QED) is 0.334. The maximum atomic E-state index is 13.9. The van der Waals surface area contributed by atoms with Crippen LogP contribution in [-0.2, 0) is 14.3 Å². The summed E-state index contributed by atoms with van der Waals surface area (Å²) in [5.74, 6) is 1.85. The second-order valence-electron chi connectivity index (χ2n) is 15.4. The maximum Gasteiger partial charge on any atom is 0.313 e. The molecule has 5 aliphatic carbocycles. The molecule has 5 rings (SSSR count). The van der Waals surface area contributed by atoms with Crippen LogP contribution in [-0.4, -0.2) is 36.7 Å². The average Bonchev–Trinajstić information content (AvgIpc) is 2.87. The number of hydrogen-bond acceptors (Lipinski definition) is 4. The highest BCUT2D eigenvalue weighted by molar-refractivity contribution is 5.83. The van der Waals surface area contributed by atoms with Crippen LogP contribution in [0.1, 0.15) is 106 Å². The number of aliphatic hydroxyl groups is 1. The zero-order valence-electron chi connectivity index (χ0n) is 25.3. The number of likely N-dealkylation sites (N-methyl/N-ethyl adjacent to an activating group) is 1. The number of hydrogen-bond donors (Lipinski definition) is 2. The predicted molar refractivity (Wildman–Crippen MR) is 150 cm³/mol. The summed E-state index contributed by atoms with van der Waals surface area (Å²) in [5.41, 5.74) is 1.38. The summed E-state index contributed by atoms with van der Waals surface area (Å²) in [6, 6.07) is 0. The van der Waals surface area contributed by atoms with Gasteiger partial charge < -0.3 is 15.2 Å². The molecule has 3 unspecified atom stereocenters. The number of fused-ring (bicyclic) bond motifs is 7. The fourth-order valence-electron chi connectivity index (χ4n) is 11.2. The van der Waals surface area contributed by atoms with Crippen LogP contribution in [0.15, 0.2) is 11.6 Å². The van der Waals surface area contributed by atoms with E-state index >= 15 is 0 Å². The highest BCUT2D eigenvalue weighted by Gasteiger charge is 2.69. The summed E-state index contributed by atoms with van der Waals surface area (Å²) in [6.45, 7) is 16.8. The van der Waals surface area contributed by atoms with Crippen molar-refractivity contribution in [2.75, 3.05) is 13.7 Å². The van der Waals surface area contributed by atoms with E-state index in [0.29, 0.717) is 23.7 Å². The van der Waals surface area contributed by atoms with Crippen molar-refractivity contribution in [1.82, 2.24) is 5.32 Å². The lowest BCUT2D eigenvalue weighted by molar-refractivity contribution is -0.207. The van der Waals surface area contributed by atoms with Crippen molar-refractivity contribution >= 4 is 11.9 Å². The zero-order valence-corrected chi connectivity index (χ0v) is 25.3. The molecule has 0 aliphatic heterocycles. The lowest BCUT2D eigenvalue weighted by Gasteiger charge is -2.71. The van der Waals surface area contributed by atoms with Gasteiger partial charge in [-0.25, -0.2) is 0 Å². The normalized spacial score (nSPS) is 49.3. The molecule has 4 fully saturated rings. The first-order valence-corrected chi connectivity index (χ1v) is 15.5. The van der Waals surface area contributed by atoms with Gasteiger partial charge in [0.1, 0.15) is 0 Å². The highest BCUT2D eigenvalue weighted by Crippen LogP contribution is 2.75. The Kier molecular flexibility index (Phi) is 6.73. The van der Waals surface area contributed by atoms with E-state index in [0.717, 1.165) is 44.9 Å². The van der Waals surface area contributed by atoms with Gasteiger partial charge in [-0.15, -0.1) is 0 Å². The molecule has 4 saturated carbocycles. The number of nitrogens with one attached hydrogen (secondary N) is 1. The van der Waals surface area contributed by atoms with Gasteiger partial charge in [-0.3, -0.25) is 9.59 Å². The van der Waals surface area contributed by atoms with Crippen molar-refractivity contribution in [2.45, 2.75) is 112 Å². The number of allylic oxidation sites excluding steroid dienone is 2. The van der Waals surface area contributed by atoms with Gasteiger partial charge >= 0.3 is 5.97 Å². The number of ether oxygens (including phenoxy) is 1. The third-order valence-electron chi connectivity index (χ3n) is 14.0. The topological polar surface area (TPSA) is 75.6 Å². The fraction of sp³-hybridized carbons (Fsp3) is 0.879. The summed E-state index contributed by atoms with van der Waals surface area (Å²) in [5, 5.41) is 13.6. The predicted octanol–water partition coefficient (Wildman–Crippen LogP) is 6.29. The average molecular weight is 528 g/mol. The number of carbonyl (C=O) groups excluding carboxylic acids is 2. The SMILES string of the molecule is CNC(=O)COC(=O)[C@]12CC[C@@H](C)[C@H](C)C1C1=CCC3[C@@]4(C)CC[C@H](O)C(C)(C)C4CC[C@@]3(C)[C@]1(C)CC2. The van der Waals surface area contributed by atoms with E-state index in [4.69, 9.17) is 4.74 Å². The van der Waals surface area contributed by atoms with Crippen LogP contribution >= 0.6 is 0 Å². The molecule has 0 radical (unpaired) electrons. The third-order valence-corrected chi connectivity index (χ3v) is 14.0. The zero-order chi connectivity index (χ0) is 27.9. The van der Waals surface area contributed by atoms with Crippen LogP contribution in [0.4, 0.5) is 0 Å². The maximum absolute atomic E-state index is 13.9. The van der Waals surface area contributed by atoms with Gasteiger partial charge in [0.25, 0.3) is 5.91 Å². The van der Waals surface area contributed by atoms with Crippen molar-refractivity contribution in [3.05, 3.63) is 11.6 Å². The minimum absolute atomic E-state index is 0.0463. The van der Waals surface area contributed by atoms with E-state index in [2.05, 4.69) is 59.9 Å². The highest BCUT2D eigenvalue weighted by atomic mass is 16.5. The molecular weight excluding hydrogens is 474 g/mol. The summed E-state index contributed by atoms with van der Waals surface area (Å²) in [7, 11) is 1.58. The Morgan fingerprint density at radius 2 is 1.68 bits per heavy atom. The fourth-order valence-corrected chi connectivity index (χ4v) is 11.2. The second-order valence-corrected chi connectivity index (χ2v) is 15.4. The van der Waals surface area contributed by atoms with E-state index in [-0.39, 0.29) is 52.2 Å². The lowest BCUT2D eigenvalue weighted by Crippen LogP contribution is -2.65. The van der Waals surface area contributed by atoms with Crippen LogP contribution in [0.3, 0.4) is 0 Å². The van der Waals surface area contributed by atoms with E-state index in [9.17, 15) is 14.7 Å².